The average molecular weight is 343 g/mol. The Morgan fingerprint density at radius 3 is 2.48 bits per heavy atom. The third-order valence-corrected chi connectivity index (χ3v) is 4.18. The van der Waals surface area contributed by atoms with Crippen LogP contribution in [0, 0.1) is 13.8 Å². The molecule has 0 aliphatic carbocycles. The molecular weight excluding hydrogens is 318 g/mol. The molecule has 2 aromatic rings. The number of likely N-dealkylation sites (N-methyl/N-ethyl adjacent to an activating group) is 1. The Hall–Kier alpha value is -2.67. The van der Waals surface area contributed by atoms with Crippen LogP contribution in [-0.4, -0.2) is 46.0 Å². The van der Waals surface area contributed by atoms with Crippen LogP contribution in [0.4, 0.5) is 16.2 Å². The van der Waals surface area contributed by atoms with Crippen molar-refractivity contribution in [1.82, 2.24) is 14.5 Å². The summed E-state index contributed by atoms with van der Waals surface area (Å²) in [6.45, 7) is 9.85. The summed E-state index contributed by atoms with van der Waals surface area (Å²) in [5.41, 5.74) is 3.16. The van der Waals surface area contributed by atoms with Crippen LogP contribution in [0.2, 0.25) is 0 Å². The standard InChI is InChI=1S/C18H25N5O2/c1-5-22(6-2)11-16(24)21-17-13(3)7-8-15(14(17)4)20-18(25)23-10-9-19-12-23/h7-10,12H,5-6,11H2,1-4H3,(H,20,25)(H,21,24). The van der Waals surface area contributed by atoms with Crippen molar-refractivity contribution in [2.75, 3.05) is 30.3 Å². The molecule has 0 aliphatic rings. The van der Waals surface area contributed by atoms with Crippen molar-refractivity contribution in [3.05, 3.63) is 42.0 Å². The van der Waals surface area contributed by atoms with Crippen molar-refractivity contribution in [1.29, 1.82) is 0 Å². The lowest BCUT2D eigenvalue weighted by Crippen LogP contribution is -2.33. The van der Waals surface area contributed by atoms with Crippen molar-refractivity contribution < 1.29 is 9.59 Å². The molecule has 0 atom stereocenters. The number of aromatic nitrogens is 2. The maximum Gasteiger partial charge on any atom is 0.331 e. The Kier molecular flexibility index (Phi) is 6.30. The number of nitrogens with one attached hydrogen (secondary N) is 2. The Labute approximate surface area is 148 Å². The Balaban J connectivity index is 2.16. The van der Waals surface area contributed by atoms with Gasteiger partial charge in [0.2, 0.25) is 5.91 Å². The van der Waals surface area contributed by atoms with Gasteiger partial charge < -0.3 is 10.6 Å². The van der Waals surface area contributed by atoms with E-state index in [4.69, 9.17) is 0 Å². The zero-order valence-electron chi connectivity index (χ0n) is 15.2. The Bertz CT molecular complexity index is 736. The van der Waals surface area contributed by atoms with E-state index in [0.29, 0.717) is 12.2 Å². The molecule has 25 heavy (non-hydrogen) atoms. The van der Waals surface area contributed by atoms with Crippen molar-refractivity contribution in [2.45, 2.75) is 27.7 Å². The highest BCUT2D eigenvalue weighted by Gasteiger charge is 2.14. The topological polar surface area (TPSA) is 79.3 Å². The number of nitrogens with zero attached hydrogens (tertiary/aromatic N) is 3. The van der Waals surface area contributed by atoms with Gasteiger partial charge in [-0.05, 0) is 44.1 Å². The molecule has 1 heterocycles. The molecule has 134 valence electrons. The van der Waals surface area contributed by atoms with E-state index in [9.17, 15) is 9.59 Å². The molecule has 0 aliphatic heterocycles. The molecular formula is C18H25N5O2. The van der Waals surface area contributed by atoms with Crippen molar-refractivity contribution in [2.24, 2.45) is 0 Å². The zero-order chi connectivity index (χ0) is 18.4. The van der Waals surface area contributed by atoms with Gasteiger partial charge >= 0.3 is 6.03 Å². The van der Waals surface area contributed by atoms with Crippen LogP contribution in [0.3, 0.4) is 0 Å². The summed E-state index contributed by atoms with van der Waals surface area (Å²) in [4.78, 5) is 30.4. The van der Waals surface area contributed by atoms with Gasteiger partial charge in [-0.1, -0.05) is 19.9 Å². The van der Waals surface area contributed by atoms with Crippen molar-refractivity contribution in [3.8, 4) is 0 Å². The van der Waals surface area contributed by atoms with E-state index in [-0.39, 0.29) is 11.9 Å². The first-order chi connectivity index (χ1) is 12.0. The number of rotatable bonds is 6. The molecule has 2 rings (SSSR count). The molecule has 0 unspecified atom stereocenters. The second-order valence-electron chi connectivity index (χ2n) is 5.84. The Morgan fingerprint density at radius 2 is 1.88 bits per heavy atom. The van der Waals surface area contributed by atoms with E-state index in [0.717, 1.165) is 29.9 Å². The number of carbonyl (C=O) groups is 2. The lowest BCUT2D eigenvalue weighted by molar-refractivity contribution is -0.117. The number of carbonyl (C=O) groups excluding carboxylic acids is 2. The number of hydrogen-bond donors (Lipinski definition) is 2. The van der Waals surface area contributed by atoms with E-state index in [1.807, 2.05) is 44.7 Å². The molecule has 0 fully saturated rings. The second kappa shape index (κ2) is 8.43. The minimum Gasteiger partial charge on any atom is -0.324 e. The molecule has 0 saturated heterocycles. The van der Waals surface area contributed by atoms with Gasteiger partial charge in [-0.15, -0.1) is 0 Å². The van der Waals surface area contributed by atoms with Gasteiger partial charge in [-0.25, -0.2) is 9.78 Å². The first-order valence-corrected chi connectivity index (χ1v) is 8.38. The average Bonchev–Trinajstić information content (AvgIpc) is 3.13. The van der Waals surface area contributed by atoms with Crippen molar-refractivity contribution in [3.63, 3.8) is 0 Å². The maximum atomic E-state index is 12.3. The third-order valence-electron chi connectivity index (χ3n) is 4.18. The molecule has 1 aromatic carbocycles. The minimum absolute atomic E-state index is 0.0620. The summed E-state index contributed by atoms with van der Waals surface area (Å²) in [7, 11) is 0. The maximum absolute atomic E-state index is 12.3. The molecule has 0 bridgehead atoms. The fourth-order valence-electron chi connectivity index (χ4n) is 2.56. The van der Waals surface area contributed by atoms with Crippen LogP contribution in [-0.2, 0) is 4.79 Å². The molecule has 2 amide bonds. The smallest absolute Gasteiger partial charge is 0.324 e. The van der Waals surface area contributed by atoms with Crippen LogP contribution >= 0.6 is 0 Å². The van der Waals surface area contributed by atoms with E-state index in [1.165, 1.54) is 10.9 Å². The van der Waals surface area contributed by atoms with E-state index in [1.54, 1.807) is 12.4 Å². The summed E-state index contributed by atoms with van der Waals surface area (Å²) >= 11 is 0. The molecule has 1 aromatic heterocycles. The zero-order valence-corrected chi connectivity index (χ0v) is 15.2. The highest BCUT2D eigenvalue weighted by Crippen LogP contribution is 2.27. The molecule has 2 N–H and O–H groups in total. The summed E-state index contributed by atoms with van der Waals surface area (Å²) in [5, 5.41) is 5.81. The first kappa shape index (κ1) is 18.7. The summed E-state index contributed by atoms with van der Waals surface area (Å²) in [6, 6.07) is 3.41. The number of aryl methyl sites for hydroxylation is 1. The van der Waals surface area contributed by atoms with Gasteiger partial charge in [-0.2, -0.15) is 0 Å². The van der Waals surface area contributed by atoms with Crippen LogP contribution in [0.5, 0.6) is 0 Å². The lowest BCUT2D eigenvalue weighted by Gasteiger charge is -2.20. The van der Waals surface area contributed by atoms with Gasteiger partial charge in [0.15, 0.2) is 0 Å². The van der Waals surface area contributed by atoms with Gasteiger partial charge in [0, 0.05) is 23.8 Å². The quantitative estimate of drug-likeness (QED) is 0.845. The molecule has 7 heteroatoms. The third kappa shape index (κ3) is 4.67. The van der Waals surface area contributed by atoms with E-state index in [2.05, 4.69) is 15.6 Å². The normalized spacial score (nSPS) is 10.8. The highest BCUT2D eigenvalue weighted by atomic mass is 16.2. The van der Waals surface area contributed by atoms with Crippen LogP contribution in [0.15, 0.2) is 30.9 Å². The number of anilines is 2. The summed E-state index contributed by atoms with van der Waals surface area (Å²) in [6.07, 6.45) is 4.55. The monoisotopic (exact) mass is 343 g/mol. The van der Waals surface area contributed by atoms with Gasteiger partial charge in [0.25, 0.3) is 0 Å². The second-order valence-corrected chi connectivity index (χ2v) is 5.84. The number of hydrogen-bond acceptors (Lipinski definition) is 4. The van der Waals surface area contributed by atoms with Crippen LogP contribution in [0.1, 0.15) is 25.0 Å². The fourth-order valence-corrected chi connectivity index (χ4v) is 2.56. The van der Waals surface area contributed by atoms with E-state index < -0.39 is 0 Å². The number of amides is 2. The summed E-state index contributed by atoms with van der Waals surface area (Å²) < 4.78 is 1.36. The number of benzene rings is 1. The molecule has 7 nitrogen and oxygen atoms in total. The van der Waals surface area contributed by atoms with Gasteiger partial charge in [0.05, 0.1) is 6.54 Å². The van der Waals surface area contributed by atoms with Gasteiger partial charge in [-0.3, -0.25) is 14.3 Å². The fraction of sp³-hybridized carbons (Fsp3) is 0.389. The molecule has 0 saturated carbocycles. The molecule has 0 spiro atoms. The largest absolute Gasteiger partial charge is 0.331 e. The Morgan fingerprint density at radius 1 is 1.16 bits per heavy atom. The summed E-state index contributed by atoms with van der Waals surface area (Å²) in [5.74, 6) is -0.0620. The number of imidazole rings is 1. The van der Waals surface area contributed by atoms with Crippen LogP contribution in [0.25, 0.3) is 0 Å². The minimum atomic E-state index is -0.301. The van der Waals surface area contributed by atoms with Crippen molar-refractivity contribution >= 4 is 23.3 Å². The molecule has 0 radical (unpaired) electrons. The lowest BCUT2D eigenvalue weighted by atomic mass is 10.1. The van der Waals surface area contributed by atoms with E-state index >= 15 is 0 Å². The highest BCUT2D eigenvalue weighted by molar-refractivity contribution is 5.97. The van der Waals surface area contributed by atoms with Crippen LogP contribution < -0.4 is 10.6 Å². The van der Waals surface area contributed by atoms with Gasteiger partial charge in [0.1, 0.15) is 6.33 Å². The SMILES string of the molecule is CCN(CC)CC(=O)Nc1c(C)ccc(NC(=O)n2ccnc2)c1C. The predicted octanol–water partition coefficient (Wildman–Crippen LogP) is 2.86. The first-order valence-electron chi connectivity index (χ1n) is 8.38. The predicted molar refractivity (Wildman–Crippen MR) is 99.0 cm³/mol.